The van der Waals surface area contributed by atoms with Gasteiger partial charge in [0.1, 0.15) is 6.73 Å². The second kappa shape index (κ2) is 5.51. The van der Waals surface area contributed by atoms with E-state index in [1.54, 1.807) is 0 Å². The average molecular weight is 224 g/mol. The minimum absolute atomic E-state index is 0.297. The minimum atomic E-state index is 0.297. The lowest BCUT2D eigenvalue weighted by Gasteiger charge is -2.19. The highest BCUT2D eigenvalue weighted by molar-refractivity contribution is 7.99. The monoisotopic (exact) mass is 224 g/mol. The molecule has 1 aliphatic rings. The first-order valence-electron chi connectivity index (χ1n) is 5.11. The molecule has 1 heterocycles. The van der Waals surface area contributed by atoms with E-state index in [0.29, 0.717) is 13.5 Å². The number of nitrogens with two attached hydrogens (primary N) is 1. The van der Waals surface area contributed by atoms with Crippen LogP contribution >= 0.6 is 11.8 Å². The van der Waals surface area contributed by atoms with Crippen LogP contribution < -0.4 is 5.73 Å². The van der Waals surface area contributed by atoms with Gasteiger partial charge >= 0.3 is 0 Å². The zero-order valence-electron chi connectivity index (χ0n) is 8.69. The van der Waals surface area contributed by atoms with Crippen LogP contribution in [-0.2, 0) is 11.3 Å². The Labute approximate surface area is 94.6 Å². The Balaban J connectivity index is 2.04. The van der Waals surface area contributed by atoms with Crippen LogP contribution in [0.25, 0.3) is 0 Å². The lowest BCUT2D eigenvalue weighted by molar-refractivity contribution is 0.0311. The summed E-state index contributed by atoms with van der Waals surface area (Å²) >= 11 is 1.92. The molecule has 4 heteroatoms. The van der Waals surface area contributed by atoms with Gasteiger partial charge in [-0.15, -0.1) is 11.8 Å². The van der Waals surface area contributed by atoms with E-state index in [4.69, 9.17) is 10.5 Å². The van der Waals surface area contributed by atoms with E-state index in [1.165, 1.54) is 10.5 Å². The van der Waals surface area contributed by atoms with Crippen LogP contribution in [0.4, 0.5) is 0 Å². The van der Waals surface area contributed by atoms with Gasteiger partial charge in [-0.2, -0.15) is 0 Å². The Morgan fingerprint density at radius 3 is 3.13 bits per heavy atom. The molecule has 0 atom stereocenters. The van der Waals surface area contributed by atoms with Gasteiger partial charge in [-0.1, -0.05) is 18.2 Å². The number of benzene rings is 1. The summed E-state index contributed by atoms with van der Waals surface area (Å²) in [6.45, 7) is 2.94. The van der Waals surface area contributed by atoms with Crippen LogP contribution in [0, 0.1) is 0 Å². The maximum absolute atomic E-state index is 5.33. The summed E-state index contributed by atoms with van der Waals surface area (Å²) in [6.07, 6.45) is 0. The van der Waals surface area contributed by atoms with Crippen molar-refractivity contribution < 1.29 is 4.74 Å². The molecule has 1 aliphatic heterocycles. The quantitative estimate of drug-likeness (QED) is 0.789. The van der Waals surface area contributed by atoms with Gasteiger partial charge < -0.3 is 10.5 Å². The molecule has 2 N–H and O–H groups in total. The summed E-state index contributed by atoms with van der Waals surface area (Å²) in [7, 11) is 0. The van der Waals surface area contributed by atoms with E-state index >= 15 is 0 Å². The van der Waals surface area contributed by atoms with Crippen LogP contribution in [0.15, 0.2) is 29.2 Å². The summed E-state index contributed by atoms with van der Waals surface area (Å²) < 4.78 is 5.24. The molecule has 15 heavy (non-hydrogen) atoms. The zero-order valence-corrected chi connectivity index (χ0v) is 9.50. The number of thioether (sulfide) groups is 1. The van der Waals surface area contributed by atoms with Crippen molar-refractivity contribution in [3.05, 3.63) is 29.8 Å². The molecule has 1 aromatic carbocycles. The predicted octanol–water partition coefficient (Wildman–Crippen LogP) is 1.48. The molecule has 0 aromatic heterocycles. The maximum Gasteiger partial charge on any atom is 0.101 e. The Morgan fingerprint density at radius 2 is 2.27 bits per heavy atom. The lowest BCUT2D eigenvalue weighted by atomic mass is 10.2. The van der Waals surface area contributed by atoms with E-state index < -0.39 is 0 Å². The molecule has 0 aliphatic carbocycles. The summed E-state index contributed by atoms with van der Waals surface area (Å²) in [5, 5.41) is 0. The van der Waals surface area contributed by atoms with Gasteiger partial charge in [0.25, 0.3) is 0 Å². The molecule has 0 fully saturated rings. The summed E-state index contributed by atoms with van der Waals surface area (Å²) in [6, 6.07) is 8.56. The highest BCUT2D eigenvalue weighted by Gasteiger charge is 2.13. The van der Waals surface area contributed by atoms with Crippen molar-refractivity contribution in [3.63, 3.8) is 0 Å². The van der Waals surface area contributed by atoms with Gasteiger partial charge in [0, 0.05) is 23.7 Å². The minimum Gasteiger partial charge on any atom is -0.351 e. The fourth-order valence-corrected chi connectivity index (χ4v) is 2.73. The zero-order chi connectivity index (χ0) is 10.5. The smallest absolute Gasteiger partial charge is 0.101 e. The van der Waals surface area contributed by atoms with Gasteiger partial charge in [-0.25, -0.2) is 0 Å². The average Bonchev–Trinajstić information content (AvgIpc) is 2.47. The largest absolute Gasteiger partial charge is 0.351 e. The van der Waals surface area contributed by atoms with E-state index in [-0.39, 0.29) is 0 Å². The predicted molar refractivity (Wildman–Crippen MR) is 62.6 cm³/mol. The molecule has 0 spiro atoms. The van der Waals surface area contributed by atoms with E-state index in [1.807, 2.05) is 11.8 Å². The fraction of sp³-hybridized carbons (Fsp3) is 0.455. The third-order valence-electron chi connectivity index (χ3n) is 2.42. The molecule has 82 valence electrons. The van der Waals surface area contributed by atoms with Gasteiger partial charge in [0.15, 0.2) is 0 Å². The van der Waals surface area contributed by atoms with Gasteiger partial charge in [0.2, 0.25) is 0 Å². The second-order valence-corrected chi connectivity index (χ2v) is 4.65. The van der Waals surface area contributed by atoms with E-state index in [0.717, 1.165) is 18.8 Å². The third kappa shape index (κ3) is 2.95. The van der Waals surface area contributed by atoms with Crippen LogP contribution in [0.2, 0.25) is 0 Å². The van der Waals surface area contributed by atoms with Crippen LogP contribution in [0.1, 0.15) is 5.56 Å². The molecular formula is C11H16N2OS. The first-order chi connectivity index (χ1) is 7.40. The molecule has 0 amide bonds. The van der Waals surface area contributed by atoms with E-state index in [2.05, 4.69) is 29.2 Å². The molecule has 3 nitrogen and oxygen atoms in total. The van der Waals surface area contributed by atoms with Crippen LogP contribution in [-0.4, -0.2) is 30.7 Å². The summed E-state index contributed by atoms with van der Waals surface area (Å²) in [4.78, 5) is 3.68. The van der Waals surface area contributed by atoms with Crippen molar-refractivity contribution in [1.82, 2.24) is 4.90 Å². The second-order valence-electron chi connectivity index (χ2n) is 3.51. The third-order valence-corrected chi connectivity index (χ3v) is 3.52. The fourth-order valence-electron chi connectivity index (χ4n) is 1.67. The molecule has 1 aromatic rings. The number of hydrogen-bond acceptors (Lipinski definition) is 4. The van der Waals surface area contributed by atoms with Crippen molar-refractivity contribution in [1.29, 1.82) is 0 Å². The molecule has 0 bridgehead atoms. The Morgan fingerprint density at radius 1 is 1.40 bits per heavy atom. The summed E-state index contributed by atoms with van der Waals surface area (Å²) in [5.41, 5.74) is 6.71. The van der Waals surface area contributed by atoms with E-state index in [9.17, 15) is 0 Å². The standard InChI is InChI=1S/C11H16N2OS/c12-8-14-9-13-5-6-15-11-4-2-1-3-10(11)7-13/h1-4H,5-9,12H2. The Kier molecular flexibility index (Phi) is 4.02. The SMILES string of the molecule is NCOCN1CCSc2ccccc2C1. The molecule has 2 rings (SSSR count). The first-order valence-corrected chi connectivity index (χ1v) is 6.09. The van der Waals surface area contributed by atoms with Crippen LogP contribution in [0.3, 0.4) is 0 Å². The van der Waals surface area contributed by atoms with Crippen molar-refractivity contribution >= 4 is 11.8 Å². The first kappa shape index (κ1) is 11.0. The summed E-state index contributed by atoms with van der Waals surface area (Å²) in [5.74, 6) is 1.12. The highest BCUT2D eigenvalue weighted by atomic mass is 32.2. The number of ether oxygens (including phenoxy) is 1. The molecule has 0 saturated heterocycles. The van der Waals surface area contributed by atoms with Crippen LogP contribution in [0.5, 0.6) is 0 Å². The normalized spacial score (nSPS) is 17.1. The topological polar surface area (TPSA) is 38.5 Å². The number of fused-ring (bicyclic) bond motifs is 1. The molecular weight excluding hydrogens is 208 g/mol. The van der Waals surface area contributed by atoms with Crippen molar-refractivity contribution in [2.75, 3.05) is 25.8 Å². The number of rotatable bonds is 3. The van der Waals surface area contributed by atoms with Crippen molar-refractivity contribution in [2.45, 2.75) is 11.4 Å². The maximum atomic E-state index is 5.33. The molecule has 0 unspecified atom stereocenters. The highest BCUT2D eigenvalue weighted by Crippen LogP contribution is 2.26. The van der Waals surface area contributed by atoms with Gasteiger partial charge in [0.05, 0.1) is 6.73 Å². The molecule has 0 radical (unpaired) electrons. The number of nitrogens with zero attached hydrogens (tertiary/aromatic N) is 1. The van der Waals surface area contributed by atoms with Gasteiger partial charge in [-0.05, 0) is 11.6 Å². The molecule has 0 saturated carbocycles. The lowest BCUT2D eigenvalue weighted by Crippen LogP contribution is -2.28. The van der Waals surface area contributed by atoms with Crippen molar-refractivity contribution in [3.8, 4) is 0 Å². The Hall–Kier alpha value is -0.550. The van der Waals surface area contributed by atoms with Gasteiger partial charge in [-0.3, -0.25) is 4.90 Å². The van der Waals surface area contributed by atoms with Crippen molar-refractivity contribution in [2.24, 2.45) is 5.73 Å². The number of hydrogen-bond donors (Lipinski definition) is 1. The Bertz CT molecular complexity index is 317.